The topological polar surface area (TPSA) is 29.5 Å². The Morgan fingerprint density at radius 1 is 1.22 bits per heavy atom. The van der Waals surface area contributed by atoms with Gasteiger partial charge in [-0.15, -0.1) is 11.3 Å². The van der Waals surface area contributed by atoms with Gasteiger partial charge in [-0.3, -0.25) is 0 Å². The molecule has 1 spiro atoms. The maximum Gasteiger partial charge on any atom is 0.0708 e. The zero-order chi connectivity index (χ0) is 12.5. The van der Waals surface area contributed by atoms with Crippen LogP contribution in [0.4, 0.5) is 0 Å². The van der Waals surface area contributed by atoms with Crippen LogP contribution < -0.4 is 0 Å². The highest BCUT2D eigenvalue weighted by Gasteiger charge is 2.53. The molecule has 0 radical (unpaired) electrons. The molecule has 2 fully saturated rings. The summed E-state index contributed by atoms with van der Waals surface area (Å²) >= 11 is 1.80. The minimum absolute atomic E-state index is 0.155. The molecule has 1 aliphatic heterocycles. The highest BCUT2D eigenvalue weighted by Crippen LogP contribution is 2.54. The van der Waals surface area contributed by atoms with Gasteiger partial charge in [0.15, 0.2) is 0 Å². The number of aliphatic hydroxyl groups is 1. The molecule has 2 aliphatic rings. The van der Waals surface area contributed by atoms with Crippen molar-refractivity contribution in [1.82, 2.24) is 0 Å². The van der Waals surface area contributed by atoms with E-state index in [0.29, 0.717) is 0 Å². The monoisotopic (exact) mass is 266 g/mol. The van der Waals surface area contributed by atoms with Crippen LogP contribution in [0.2, 0.25) is 0 Å². The minimum Gasteiger partial charge on any atom is -0.389 e. The predicted molar refractivity (Wildman–Crippen MR) is 73.9 cm³/mol. The summed E-state index contributed by atoms with van der Waals surface area (Å²) in [5.74, 6) is 0. The number of hydrogen-bond donors (Lipinski definition) is 1. The van der Waals surface area contributed by atoms with Crippen LogP contribution in [0.15, 0.2) is 17.5 Å². The van der Waals surface area contributed by atoms with Crippen molar-refractivity contribution in [1.29, 1.82) is 0 Å². The lowest BCUT2D eigenvalue weighted by molar-refractivity contribution is -0.117. The third-order valence-corrected chi connectivity index (χ3v) is 5.98. The van der Waals surface area contributed by atoms with Gasteiger partial charge in [0.05, 0.1) is 5.60 Å². The van der Waals surface area contributed by atoms with Crippen molar-refractivity contribution in [2.75, 3.05) is 13.2 Å². The number of hydrogen-bond acceptors (Lipinski definition) is 3. The van der Waals surface area contributed by atoms with E-state index in [0.717, 1.165) is 45.3 Å². The molecule has 1 unspecified atom stereocenters. The van der Waals surface area contributed by atoms with Gasteiger partial charge in [-0.05, 0) is 56.4 Å². The molecule has 1 aromatic rings. The number of rotatable bonds is 3. The van der Waals surface area contributed by atoms with Crippen LogP contribution in [0.1, 0.15) is 43.4 Å². The second-order valence-electron chi connectivity index (χ2n) is 5.86. The minimum atomic E-state index is -0.444. The van der Waals surface area contributed by atoms with Gasteiger partial charge < -0.3 is 9.84 Å². The van der Waals surface area contributed by atoms with Gasteiger partial charge in [0, 0.05) is 23.5 Å². The van der Waals surface area contributed by atoms with Crippen molar-refractivity contribution < 1.29 is 9.84 Å². The zero-order valence-corrected chi connectivity index (χ0v) is 11.7. The molecule has 1 saturated carbocycles. The third kappa shape index (κ3) is 2.13. The summed E-state index contributed by atoms with van der Waals surface area (Å²) in [5.41, 5.74) is -0.288. The molecule has 1 saturated heterocycles. The van der Waals surface area contributed by atoms with E-state index in [2.05, 4.69) is 17.5 Å². The average molecular weight is 266 g/mol. The Hall–Kier alpha value is -0.380. The van der Waals surface area contributed by atoms with E-state index in [9.17, 15) is 5.11 Å². The molecule has 2 heterocycles. The lowest BCUT2D eigenvalue weighted by atomic mass is 9.67. The summed E-state index contributed by atoms with van der Waals surface area (Å²) in [6.45, 7) is 1.67. The molecular formula is C15H22O2S. The molecule has 0 amide bonds. The standard InChI is InChI=1S/C15H22O2S/c16-15(7-4-13-3-1-12-18-13)6-2-5-14(15)8-10-17-11-9-14/h1,3,12,16H,2,4-11H2. The Morgan fingerprint density at radius 2 is 2.06 bits per heavy atom. The van der Waals surface area contributed by atoms with Gasteiger partial charge >= 0.3 is 0 Å². The molecule has 1 atom stereocenters. The summed E-state index contributed by atoms with van der Waals surface area (Å²) in [6, 6.07) is 4.28. The van der Waals surface area contributed by atoms with Crippen LogP contribution in [0.25, 0.3) is 0 Å². The maximum absolute atomic E-state index is 11.1. The molecule has 1 aliphatic carbocycles. The van der Waals surface area contributed by atoms with E-state index >= 15 is 0 Å². The molecule has 1 aromatic heterocycles. The Kier molecular flexibility index (Phi) is 3.48. The summed E-state index contributed by atoms with van der Waals surface area (Å²) in [7, 11) is 0. The van der Waals surface area contributed by atoms with Gasteiger partial charge in [-0.1, -0.05) is 6.07 Å². The average Bonchev–Trinajstić information content (AvgIpc) is 2.99. The van der Waals surface area contributed by atoms with Crippen molar-refractivity contribution in [2.45, 2.75) is 50.5 Å². The quantitative estimate of drug-likeness (QED) is 0.908. The lowest BCUT2D eigenvalue weighted by Crippen LogP contribution is -2.47. The lowest BCUT2D eigenvalue weighted by Gasteiger charge is -2.45. The SMILES string of the molecule is OC1(CCc2cccs2)CCCC12CCOCC2. The summed E-state index contributed by atoms with van der Waals surface area (Å²) in [4.78, 5) is 1.40. The van der Waals surface area contributed by atoms with Gasteiger partial charge in [0.1, 0.15) is 0 Å². The van der Waals surface area contributed by atoms with Gasteiger partial charge in [-0.2, -0.15) is 0 Å². The van der Waals surface area contributed by atoms with Crippen molar-refractivity contribution in [3.63, 3.8) is 0 Å². The Balaban J connectivity index is 1.71. The first kappa shape index (κ1) is 12.6. The Labute approximate surface area is 113 Å². The molecule has 1 N–H and O–H groups in total. The molecule has 100 valence electrons. The second kappa shape index (κ2) is 4.95. The second-order valence-corrected chi connectivity index (χ2v) is 6.89. The predicted octanol–water partition coefficient (Wildman–Crippen LogP) is 3.39. The smallest absolute Gasteiger partial charge is 0.0708 e. The van der Waals surface area contributed by atoms with Gasteiger partial charge in [0.2, 0.25) is 0 Å². The van der Waals surface area contributed by atoms with Crippen molar-refractivity contribution in [3.05, 3.63) is 22.4 Å². The van der Waals surface area contributed by atoms with E-state index in [1.165, 1.54) is 17.7 Å². The largest absolute Gasteiger partial charge is 0.389 e. The first-order valence-electron chi connectivity index (χ1n) is 7.07. The van der Waals surface area contributed by atoms with Crippen LogP contribution in [0, 0.1) is 5.41 Å². The first-order chi connectivity index (χ1) is 8.74. The molecule has 3 rings (SSSR count). The van der Waals surface area contributed by atoms with Crippen molar-refractivity contribution >= 4 is 11.3 Å². The fourth-order valence-electron chi connectivity index (χ4n) is 3.87. The fourth-order valence-corrected chi connectivity index (χ4v) is 4.58. The Morgan fingerprint density at radius 3 is 2.78 bits per heavy atom. The van der Waals surface area contributed by atoms with E-state index in [4.69, 9.17) is 4.74 Å². The van der Waals surface area contributed by atoms with Crippen LogP contribution >= 0.6 is 11.3 Å². The van der Waals surface area contributed by atoms with Crippen LogP contribution in [-0.2, 0) is 11.2 Å². The summed E-state index contributed by atoms with van der Waals surface area (Å²) < 4.78 is 5.49. The van der Waals surface area contributed by atoms with Crippen molar-refractivity contribution in [3.8, 4) is 0 Å². The van der Waals surface area contributed by atoms with Gasteiger partial charge in [-0.25, -0.2) is 0 Å². The van der Waals surface area contributed by atoms with Crippen LogP contribution in [0.5, 0.6) is 0 Å². The van der Waals surface area contributed by atoms with Gasteiger partial charge in [0.25, 0.3) is 0 Å². The number of thiophene rings is 1. The molecule has 0 bridgehead atoms. The number of aryl methyl sites for hydroxylation is 1. The van der Waals surface area contributed by atoms with E-state index < -0.39 is 5.60 Å². The molecular weight excluding hydrogens is 244 g/mol. The highest BCUT2D eigenvalue weighted by atomic mass is 32.1. The fraction of sp³-hybridized carbons (Fsp3) is 0.733. The zero-order valence-electron chi connectivity index (χ0n) is 10.9. The highest BCUT2D eigenvalue weighted by molar-refractivity contribution is 7.09. The van der Waals surface area contributed by atoms with E-state index in [1.807, 2.05) is 0 Å². The molecule has 0 aromatic carbocycles. The Bertz CT molecular complexity index is 381. The maximum atomic E-state index is 11.1. The van der Waals surface area contributed by atoms with Crippen molar-refractivity contribution in [2.24, 2.45) is 5.41 Å². The van der Waals surface area contributed by atoms with E-state index in [1.54, 1.807) is 11.3 Å². The molecule has 3 heteroatoms. The van der Waals surface area contributed by atoms with E-state index in [-0.39, 0.29) is 5.41 Å². The third-order valence-electron chi connectivity index (χ3n) is 5.05. The number of ether oxygens (including phenoxy) is 1. The molecule has 18 heavy (non-hydrogen) atoms. The normalized spacial score (nSPS) is 30.9. The van der Waals surface area contributed by atoms with Crippen LogP contribution in [0.3, 0.4) is 0 Å². The first-order valence-corrected chi connectivity index (χ1v) is 7.95. The summed E-state index contributed by atoms with van der Waals surface area (Å²) in [5, 5.41) is 13.2. The summed E-state index contributed by atoms with van der Waals surface area (Å²) in [6.07, 6.45) is 7.41. The van der Waals surface area contributed by atoms with Crippen LogP contribution in [-0.4, -0.2) is 23.9 Å². The molecule has 2 nitrogen and oxygen atoms in total.